The van der Waals surface area contributed by atoms with Gasteiger partial charge >= 0.3 is 0 Å². The Labute approximate surface area is 118 Å². The fourth-order valence-electron chi connectivity index (χ4n) is 2.76. The molecule has 19 heavy (non-hydrogen) atoms. The molecule has 108 valence electrons. The second-order valence-corrected chi connectivity index (χ2v) is 5.40. The monoisotopic (exact) mass is 263 g/mol. The third kappa shape index (κ3) is 5.65. The number of likely N-dealkylation sites (N-methyl/N-ethyl adjacent to an activating group) is 1. The van der Waals surface area contributed by atoms with Crippen LogP contribution in [0.5, 0.6) is 5.75 Å². The highest BCUT2D eigenvalue weighted by atomic mass is 16.5. The third-order valence-electron chi connectivity index (χ3n) is 3.62. The van der Waals surface area contributed by atoms with E-state index in [-0.39, 0.29) is 0 Å². The zero-order chi connectivity index (χ0) is 14.1. The number of rotatable bonds is 9. The molecule has 0 bridgehead atoms. The summed E-state index contributed by atoms with van der Waals surface area (Å²) in [5, 5.41) is 3.62. The van der Waals surface area contributed by atoms with Gasteiger partial charge in [-0.05, 0) is 36.9 Å². The molecule has 0 fully saturated rings. The van der Waals surface area contributed by atoms with Gasteiger partial charge in [0.05, 0.1) is 7.11 Å². The number of nitrogens with one attached hydrogen (secondary N) is 1. The SMILES string of the molecule is CCCC(C)CC(Cc1ccccc1OC)NCC. The first kappa shape index (κ1) is 16.0. The molecular formula is C17H29NO. The fraction of sp³-hybridized carbons (Fsp3) is 0.647. The van der Waals surface area contributed by atoms with Crippen LogP contribution in [-0.2, 0) is 6.42 Å². The average Bonchev–Trinajstić information content (AvgIpc) is 2.40. The lowest BCUT2D eigenvalue weighted by Gasteiger charge is -2.22. The van der Waals surface area contributed by atoms with E-state index in [1.165, 1.54) is 24.8 Å². The van der Waals surface area contributed by atoms with Crippen molar-refractivity contribution in [2.24, 2.45) is 5.92 Å². The number of benzene rings is 1. The van der Waals surface area contributed by atoms with Gasteiger partial charge in [0.15, 0.2) is 0 Å². The second-order valence-electron chi connectivity index (χ2n) is 5.40. The number of ether oxygens (including phenoxy) is 1. The number of para-hydroxylation sites is 1. The van der Waals surface area contributed by atoms with Gasteiger partial charge in [0.1, 0.15) is 5.75 Å². The number of hydrogen-bond acceptors (Lipinski definition) is 2. The third-order valence-corrected chi connectivity index (χ3v) is 3.62. The lowest BCUT2D eigenvalue weighted by Crippen LogP contribution is -2.32. The van der Waals surface area contributed by atoms with Crippen LogP contribution in [0.1, 0.15) is 45.6 Å². The van der Waals surface area contributed by atoms with E-state index in [0.29, 0.717) is 6.04 Å². The van der Waals surface area contributed by atoms with Crippen molar-refractivity contribution < 1.29 is 4.74 Å². The van der Waals surface area contributed by atoms with Crippen molar-refractivity contribution in [2.75, 3.05) is 13.7 Å². The van der Waals surface area contributed by atoms with Crippen molar-refractivity contribution >= 4 is 0 Å². The molecule has 0 spiro atoms. The predicted octanol–water partition coefficient (Wildman–Crippen LogP) is 4.04. The minimum Gasteiger partial charge on any atom is -0.496 e. The van der Waals surface area contributed by atoms with Crippen molar-refractivity contribution in [3.05, 3.63) is 29.8 Å². The summed E-state index contributed by atoms with van der Waals surface area (Å²) in [6, 6.07) is 8.89. The van der Waals surface area contributed by atoms with Gasteiger partial charge in [-0.15, -0.1) is 0 Å². The van der Waals surface area contributed by atoms with Crippen molar-refractivity contribution in [2.45, 2.75) is 52.5 Å². The number of hydrogen-bond donors (Lipinski definition) is 1. The van der Waals surface area contributed by atoms with Crippen LogP contribution >= 0.6 is 0 Å². The Morgan fingerprint density at radius 3 is 2.58 bits per heavy atom. The van der Waals surface area contributed by atoms with Crippen LogP contribution < -0.4 is 10.1 Å². The largest absolute Gasteiger partial charge is 0.496 e. The molecule has 2 nitrogen and oxygen atoms in total. The fourth-order valence-corrected chi connectivity index (χ4v) is 2.76. The van der Waals surface area contributed by atoms with E-state index in [1.54, 1.807) is 7.11 Å². The van der Waals surface area contributed by atoms with Crippen LogP contribution in [0.3, 0.4) is 0 Å². The molecule has 0 aliphatic heterocycles. The Bertz CT molecular complexity index is 351. The molecule has 0 saturated heterocycles. The first-order chi connectivity index (χ1) is 9.21. The van der Waals surface area contributed by atoms with E-state index in [0.717, 1.165) is 24.6 Å². The summed E-state index contributed by atoms with van der Waals surface area (Å²) in [4.78, 5) is 0. The predicted molar refractivity (Wildman–Crippen MR) is 82.9 cm³/mol. The maximum atomic E-state index is 5.45. The highest BCUT2D eigenvalue weighted by Crippen LogP contribution is 2.22. The van der Waals surface area contributed by atoms with Crippen LogP contribution in [0.15, 0.2) is 24.3 Å². The van der Waals surface area contributed by atoms with Gasteiger partial charge in [0.2, 0.25) is 0 Å². The maximum Gasteiger partial charge on any atom is 0.122 e. The standard InChI is InChI=1S/C17H29NO/c1-5-9-14(3)12-16(18-6-2)13-15-10-7-8-11-17(15)19-4/h7-8,10-11,14,16,18H,5-6,9,12-13H2,1-4H3. The second kappa shape index (κ2) is 8.98. The molecular weight excluding hydrogens is 234 g/mol. The normalized spacial score (nSPS) is 14.1. The smallest absolute Gasteiger partial charge is 0.122 e. The molecule has 0 aliphatic carbocycles. The Kier molecular flexibility index (Phi) is 7.57. The molecule has 2 atom stereocenters. The molecule has 0 aromatic heterocycles. The minimum absolute atomic E-state index is 0.544. The first-order valence-corrected chi connectivity index (χ1v) is 7.56. The quantitative estimate of drug-likeness (QED) is 0.726. The van der Waals surface area contributed by atoms with Gasteiger partial charge in [-0.25, -0.2) is 0 Å². The Hall–Kier alpha value is -1.02. The van der Waals surface area contributed by atoms with Crippen LogP contribution in [-0.4, -0.2) is 19.7 Å². The van der Waals surface area contributed by atoms with Crippen LogP contribution in [0, 0.1) is 5.92 Å². The summed E-state index contributed by atoms with van der Waals surface area (Å²) >= 11 is 0. The molecule has 2 unspecified atom stereocenters. The van der Waals surface area contributed by atoms with Crippen molar-refractivity contribution in [1.82, 2.24) is 5.32 Å². The van der Waals surface area contributed by atoms with E-state index in [9.17, 15) is 0 Å². The summed E-state index contributed by atoms with van der Waals surface area (Å²) in [6.45, 7) is 7.83. The lowest BCUT2D eigenvalue weighted by atomic mass is 9.93. The highest BCUT2D eigenvalue weighted by molar-refractivity contribution is 5.33. The molecule has 1 aromatic carbocycles. The maximum absolute atomic E-state index is 5.45. The van der Waals surface area contributed by atoms with Gasteiger partial charge in [-0.3, -0.25) is 0 Å². The Balaban J connectivity index is 2.66. The van der Waals surface area contributed by atoms with E-state index in [1.807, 2.05) is 12.1 Å². The van der Waals surface area contributed by atoms with Crippen LogP contribution in [0.25, 0.3) is 0 Å². The molecule has 2 heteroatoms. The van der Waals surface area contributed by atoms with E-state index < -0.39 is 0 Å². The summed E-state index contributed by atoms with van der Waals surface area (Å²) in [7, 11) is 1.75. The molecule has 0 heterocycles. The van der Waals surface area contributed by atoms with Crippen LogP contribution in [0.4, 0.5) is 0 Å². The van der Waals surface area contributed by atoms with Crippen molar-refractivity contribution in [3.8, 4) is 5.75 Å². The summed E-state index contributed by atoms with van der Waals surface area (Å²) in [5.41, 5.74) is 1.31. The Morgan fingerprint density at radius 1 is 1.21 bits per heavy atom. The molecule has 0 saturated carbocycles. The molecule has 0 aliphatic rings. The summed E-state index contributed by atoms with van der Waals surface area (Å²) < 4.78 is 5.45. The zero-order valence-electron chi connectivity index (χ0n) is 12.9. The zero-order valence-corrected chi connectivity index (χ0v) is 12.9. The summed E-state index contributed by atoms with van der Waals surface area (Å²) in [6.07, 6.45) is 4.87. The van der Waals surface area contributed by atoms with Gasteiger partial charge in [-0.2, -0.15) is 0 Å². The van der Waals surface area contributed by atoms with Gasteiger partial charge in [0.25, 0.3) is 0 Å². The van der Waals surface area contributed by atoms with E-state index in [2.05, 4.69) is 38.2 Å². The number of methoxy groups -OCH3 is 1. The first-order valence-electron chi connectivity index (χ1n) is 7.56. The lowest BCUT2D eigenvalue weighted by molar-refractivity contribution is 0.374. The van der Waals surface area contributed by atoms with Gasteiger partial charge in [-0.1, -0.05) is 51.8 Å². The molecule has 0 amide bonds. The van der Waals surface area contributed by atoms with E-state index >= 15 is 0 Å². The topological polar surface area (TPSA) is 21.3 Å². The van der Waals surface area contributed by atoms with Crippen LogP contribution in [0.2, 0.25) is 0 Å². The van der Waals surface area contributed by atoms with Gasteiger partial charge in [0, 0.05) is 6.04 Å². The molecule has 1 aromatic rings. The van der Waals surface area contributed by atoms with Gasteiger partial charge < -0.3 is 10.1 Å². The summed E-state index contributed by atoms with van der Waals surface area (Å²) in [5.74, 6) is 1.79. The molecule has 1 N–H and O–H groups in total. The average molecular weight is 263 g/mol. The van der Waals surface area contributed by atoms with Crippen molar-refractivity contribution in [3.63, 3.8) is 0 Å². The highest BCUT2D eigenvalue weighted by Gasteiger charge is 2.14. The van der Waals surface area contributed by atoms with E-state index in [4.69, 9.17) is 4.74 Å². The molecule has 0 radical (unpaired) electrons. The van der Waals surface area contributed by atoms with Crippen molar-refractivity contribution in [1.29, 1.82) is 0 Å². The molecule has 1 rings (SSSR count). The Morgan fingerprint density at radius 2 is 1.95 bits per heavy atom. The minimum atomic E-state index is 0.544.